The van der Waals surface area contributed by atoms with E-state index in [0.717, 1.165) is 23.0 Å². The lowest BCUT2D eigenvalue weighted by molar-refractivity contribution is -0.120. The summed E-state index contributed by atoms with van der Waals surface area (Å²) >= 11 is 0. The molecule has 0 aliphatic carbocycles. The summed E-state index contributed by atoms with van der Waals surface area (Å²) in [6.45, 7) is 9.45. The van der Waals surface area contributed by atoms with Crippen LogP contribution in [0.2, 0.25) is 0 Å². The summed E-state index contributed by atoms with van der Waals surface area (Å²) in [5, 5.41) is 3.95. The molecule has 0 radical (unpaired) electrons. The molecule has 0 aliphatic rings. The number of benzene rings is 1. The van der Waals surface area contributed by atoms with Crippen LogP contribution in [0.4, 0.5) is 0 Å². The molecule has 120 valence electrons. The molecular weight excluding hydrogens is 278 g/mol. The zero-order valence-corrected chi connectivity index (χ0v) is 13.9. The van der Waals surface area contributed by atoms with E-state index in [-0.39, 0.29) is 12.0 Å². The van der Waals surface area contributed by atoms with Gasteiger partial charge in [-0.3, -0.25) is 4.79 Å². The van der Waals surface area contributed by atoms with Gasteiger partial charge in [0, 0.05) is 24.1 Å². The van der Waals surface area contributed by atoms with E-state index in [1.165, 1.54) is 11.1 Å². The Morgan fingerprint density at radius 2 is 2.00 bits per heavy atom. The van der Waals surface area contributed by atoms with E-state index in [1.54, 1.807) is 6.26 Å². The minimum absolute atomic E-state index is 0.0190. The molecule has 0 unspecified atom stereocenters. The number of hydrogen-bond acceptors (Lipinski definition) is 3. The van der Waals surface area contributed by atoms with Gasteiger partial charge < -0.3 is 14.5 Å². The molecule has 4 nitrogen and oxygen atoms in total. The van der Waals surface area contributed by atoms with Gasteiger partial charge >= 0.3 is 0 Å². The van der Waals surface area contributed by atoms with Gasteiger partial charge in [-0.05, 0) is 57.4 Å². The minimum Gasteiger partial charge on any atom is -0.464 e. The Labute approximate surface area is 131 Å². The lowest BCUT2D eigenvalue weighted by atomic mass is 10.0. The van der Waals surface area contributed by atoms with Gasteiger partial charge in [0.25, 0.3) is 0 Å². The normalized spacial score (nSPS) is 11.3. The average molecular weight is 303 g/mol. The van der Waals surface area contributed by atoms with Crippen molar-refractivity contribution in [3.05, 3.63) is 35.1 Å². The first-order valence-electron chi connectivity index (χ1n) is 7.83. The largest absolute Gasteiger partial charge is 0.464 e. The van der Waals surface area contributed by atoms with E-state index < -0.39 is 0 Å². The lowest BCUT2D eigenvalue weighted by Gasteiger charge is -2.08. The van der Waals surface area contributed by atoms with Crippen molar-refractivity contribution in [2.75, 3.05) is 13.2 Å². The molecule has 1 N–H and O–H groups in total. The minimum atomic E-state index is 0.0190. The van der Waals surface area contributed by atoms with Gasteiger partial charge in [0.1, 0.15) is 5.58 Å². The highest BCUT2D eigenvalue weighted by molar-refractivity contribution is 5.88. The fraction of sp³-hybridized carbons (Fsp3) is 0.500. The van der Waals surface area contributed by atoms with Crippen LogP contribution in [-0.4, -0.2) is 25.2 Å². The number of carbonyl (C=O) groups excluding carboxylic acids is 1. The number of hydrogen-bond donors (Lipinski definition) is 1. The molecule has 0 fully saturated rings. The summed E-state index contributed by atoms with van der Waals surface area (Å²) in [4.78, 5) is 12.0. The van der Waals surface area contributed by atoms with E-state index in [1.807, 2.05) is 19.9 Å². The standard InChI is InChI=1S/C18H25NO3/c1-12(2)21-7-5-6-19-18(20)10-15-11-22-17-9-14(4)13(3)8-16(15)17/h8-9,11-12H,5-7,10H2,1-4H3,(H,19,20). The molecular formula is C18H25NO3. The Kier molecular flexibility index (Phi) is 5.61. The molecule has 0 spiro atoms. The van der Waals surface area contributed by atoms with Crippen LogP contribution < -0.4 is 5.32 Å². The van der Waals surface area contributed by atoms with Crippen LogP contribution in [0.1, 0.15) is 37.0 Å². The molecule has 0 aliphatic heterocycles. The van der Waals surface area contributed by atoms with Crippen molar-refractivity contribution in [3.8, 4) is 0 Å². The maximum absolute atomic E-state index is 12.0. The smallest absolute Gasteiger partial charge is 0.224 e. The van der Waals surface area contributed by atoms with E-state index >= 15 is 0 Å². The third-order valence-corrected chi connectivity index (χ3v) is 3.72. The molecule has 1 aromatic heterocycles. The first-order valence-corrected chi connectivity index (χ1v) is 7.83. The van der Waals surface area contributed by atoms with Gasteiger partial charge in [0.15, 0.2) is 0 Å². The molecule has 0 saturated heterocycles. The summed E-state index contributed by atoms with van der Waals surface area (Å²) in [5.41, 5.74) is 4.19. The van der Waals surface area contributed by atoms with Crippen molar-refractivity contribution in [1.82, 2.24) is 5.32 Å². The van der Waals surface area contributed by atoms with Crippen LogP contribution in [-0.2, 0) is 16.0 Å². The van der Waals surface area contributed by atoms with E-state index in [2.05, 4.69) is 25.2 Å². The van der Waals surface area contributed by atoms with E-state index in [9.17, 15) is 4.79 Å². The predicted octanol–water partition coefficient (Wildman–Crippen LogP) is 3.52. The van der Waals surface area contributed by atoms with Crippen molar-refractivity contribution in [1.29, 1.82) is 0 Å². The summed E-state index contributed by atoms with van der Waals surface area (Å²) in [6, 6.07) is 4.11. The topological polar surface area (TPSA) is 51.5 Å². The van der Waals surface area contributed by atoms with Crippen molar-refractivity contribution < 1.29 is 13.9 Å². The monoisotopic (exact) mass is 303 g/mol. The Bertz CT molecular complexity index is 643. The second-order valence-electron chi connectivity index (χ2n) is 5.99. The van der Waals surface area contributed by atoms with Crippen molar-refractivity contribution in [2.45, 2.75) is 46.6 Å². The van der Waals surface area contributed by atoms with Gasteiger partial charge in [-0.1, -0.05) is 0 Å². The number of carbonyl (C=O) groups is 1. The zero-order valence-electron chi connectivity index (χ0n) is 13.9. The van der Waals surface area contributed by atoms with Crippen LogP contribution in [0.3, 0.4) is 0 Å². The summed E-state index contributed by atoms with van der Waals surface area (Å²) < 4.78 is 11.0. The fourth-order valence-electron chi connectivity index (χ4n) is 2.33. The van der Waals surface area contributed by atoms with Crippen molar-refractivity contribution >= 4 is 16.9 Å². The predicted molar refractivity (Wildman–Crippen MR) is 88.1 cm³/mol. The number of rotatable bonds is 7. The SMILES string of the molecule is Cc1cc2occ(CC(=O)NCCCOC(C)C)c2cc1C. The van der Waals surface area contributed by atoms with Crippen LogP contribution in [0.25, 0.3) is 11.0 Å². The number of aryl methyl sites for hydroxylation is 2. The average Bonchev–Trinajstić information content (AvgIpc) is 2.81. The first kappa shape index (κ1) is 16.6. The van der Waals surface area contributed by atoms with Gasteiger partial charge in [0.05, 0.1) is 18.8 Å². The van der Waals surface area contributed by atoms with Gasteiger partial charge in [-0.25, -0.2) is 0 Å². The van der Waals surface area contributed by atoms with Crippen LogP contribution >= 0.6 is 0 Å². The molecule has 1 heterocycles. The Hall–Kier alpha value is -1.81. The third kappa shape index (κ3) is 4.34. The molecule has 0 atom stereocenters. The Balaban J connectivity index is 1.88. The number of amides is 1. The number of fused-ring (bicyclic) bond motifs is 1. The van der Waals surface area contributed by atoms with Gasteiger partial charge in [0.2, 0.25) is 5.91 Å². The quantitative estimate of drug-likeness (QED) is 0.796. The molecule has 1 aromatic carbocycles. The van der Waals surface area contributed by atoms with E-state index in [4.69, 9.17) is 9.15 Å². The molecule has 2 rings (SSSR count). The maximum atomic E-state index is 12.0. The van der Waals surface area contributed by atoms with Crippen LogP contribution in [0.15, 0.2) is 22.8 Å². The highest BCUT2D eigenvalue weighted by atomic mass is 16.5. The Morgan fingerprint density at radius 1 is 1.27 bits per heavy atom. The van der Waals surface area contributed by atoms with Gasteiger partial charge in [-0.15, -0.1) is 0 Å². The first-order chi connectivity index (χ1) is 10.5. The number of furan rings is 1. The molecule has 4 heteroatoms. The highest BCUT2D eigenvalue weighted by Gasteiger charge is 2.11. The van der Waals surface area contributed by atoms with Crippen LogP contribution in [0, 0.1) is 13.8 Å². The zero-order chi connectivity index (χ0) is 16.1. The molecule has 0 saturated carbocycles. The molecule has 2 aromatic rings. The van der Waals surface area contributed by atoms with Crippen molar-refractivity contribution in [2.24, 2.45) is 0 Å². The highest BCUT2D eigenvalue weighted by Crippen LogP contribution is 2.25. The number of nitrogens with one attached hydrogen (secondary N) is 1. The second kappa shape index (κ2) is 7.45. The molecule has 22 heavy (non-hydrogen) atoms. The summed E-state index contributed by atoms with van der Waals surface area (Å²) in [6.07, 6.45) is 3.10. The lowest BCUT2D eigenvalue weighted by Crippen LogP contribution is -2.27. The second-order valence-corrected chi connectivity index (χ2v) is 5.99. The summed E-state index contributed by atoms with van der Waals surface area (Å²) in [7, 11) is 0. The molecule has 1 amide bonds. The molecule has 0 bridgehead atoms. The Morgan fingerprint density at radius 3 is 2.73 bits per heavy atom. The summed E-state index contributed by atoms with van der Waals surface area (Å²) in [5.74, 6) is 0.0190. The van der Waals surface area contributed by atoms with Crippen molar-refractivity contribution in [3.63, 3.8) is 0 Å². The third-order valence-electron chi connectivity index (χ3n) is 3.72. The fourth-order valence-corrected chi connectivity index (χ4v) is 2.33. The van der Waals surface area contributed by atoms with Crippen LogP contribution in [0.5, 0.6) is 0 Å². The maximum Gasteiger partial charge on any atom is 0.224 e. The van der Waals surface area contributed by atoms with Gasteiger partial charge in [-0.2, -0.15) is 0 Å². The number of ether oxygens (including phenoxy) is 1. The van der Waals surface area contributed by atoms with E-state index in [0.29, 0.717) is 19.6 Å².